The number of benzene rings is 1. The number of halogens is 1. The first-order valence-corrected chi connectivity index (χ1v) is 6.86. The topological polar surface area (TPSA) is 62.8 Å². The molecule has 21 heavy (non-hydrogen) atoms. The molecule has 2 N–H and O–H groups in total. The van der Waals surface area contributed by atoms with Crippen molar-refractivity contribution >= 4 is 24.0 Å². The Labute approximate surface area is 130 Å². The highest BCUT2D eigenvalue weighted by Gasteiger charge is 2.20. The number of amides is 1. The van der Waals surface area contributed by atoms with E-state index in [0.29, 0.717) is 18.3 Å². The molecule has 0 saturated carbocycles. The van der Waals surface area contributed by atoms with E-state index in [4.69, 9.17) is 9.47 Å². The zero-order valence-electron chi connectivity index (χ0n) is 11.9. The van der Waals surface area contributed by atoms with Crippen LogP contribution >= 0.6 is 12.4 Å². The first-order chi connectivity index (χ1) is 9.72. The number of carbonyl (C=O) groups is 1. The van der Waals surface area contributed by atoms with Gasteiger partial charge in [0.1, 0.15) is 0 Å². The summed E-state index contributed by atoms with van der Waals surface area (Å²) < 4.78 is 10.5. The highest BCUT2D eigenvalue weighted by molar-refractivity contribution is 5.92. The predicted octanol–water partition coefficient (Wildman–Crippen LogP) is 1.07. The summed E-state index contributed by atoms with van der Waals surface area (Å²) in [5.41, 5.74) is 0.738. The zero-order chi connectivity index (χ0) is 13.9. The molecule has 0 spiro atoms. The van der Waals surface area contributed by atoms with Gasteiger partial charge in [0.05, 0.1) is 6.54 Å². The van der Waals surface area contributed by atoms with Crippen molar-refractivity contribution in [1.82, 2.24) is 10.2 Å². The first kappa shape index (κ1) is 15.9. The van der Waals surface area contributed by atoms with Gasteiger partial charge >= 0.3 is 0 Å². The number of piperazine rings is 1. The van der Waals surface area contributed by atoms with Crippen LogP contribution in [0.3, 0.4) is 0 Å². The van der Waals surface area contributed by atoms with Crippen molar-refractivity contribution in [2.24, 2.45) is 0 Å². The molecule has 1 saturated heterocycles. The van der Waals surface area contributed by atoms with Gasteiger partial charge in [0, 0.05) is 37.4 Å². The van der Waals surface area contributed by atoms with Crippen molar-refractivity contribution in [1.29, 1.82) is 0 Å². The number of nitrogens with one attached hydrogen (secondary N) is 2. The van der Waals surface area contributed by atoms with E-state index in [1.165, 1.54) is 0 Å². The van der Waals surface area contributed by atoms with Crippen molar-refractivity contribution < 1.29 is 14.3 Å². The summed E-state index contributed by atoms with van der Waals surface area (Å²) in [5, 5.41) is 6.21. The Bertz CT molecular complexity index is 512. The largest absolute Gasteiger partial charge is 0.454 e. The quantitative estimate of drug-likeness (QED) is 0.874. The van der Waals surface area contributed by atoms with E-state index in [1.54, 1.807) is 6.07 Å². The Hall–Kier alpha value is -1.50. The van der Waals surface area contributed by atoms with Crippen molar-refractivity contribution in [2.75, 3.05) is 38.3 Å². The SMILES string of the molecule is C[C@H]1CNCCN1CC(=O)Nc1ccc2c(c1)OCO2.Cl. The highest BCUT2D eigenvalue weighted by atomic mass is 35.5. The highest BCUT2D eigenvalue weighted by Crippen LogP contribution is 2.34. The molecule has 1 aromatic carbocycles. The zero-order valence-corrected chi connectivity index (χ0v) is 12.7. The van der Waals surface area contributed by atoms with Gasteiger partial charge in [-0.05, 0) is 19.1 Å². The second-order valence-corrected chi connectivity index (χ2v) is 5.14. The summed E-state index contributed by atoms with van der Waals surface area (Å²) in [7, 11) is 0. The van der Waals surface area contributed by atoms with E-state index in [2.05, 4.69) is 22.5 Å². The summed E-state index contributed by atoms with van der Waals surface area (Å²) in [4.78, 5) is 14.3. The van der Waals surface area contributed by atoms with Gasteiger partial charge in [-0.1, -0.05) is 0 Å². The van der Waals surface area contributed by atoms with Crippen LogP contribution < -0.4 is 20.1 Å². The van der Waals surface area contributed by atoms with Gasteiger partial charge in [-0.2, -0.15) is 0 Å². The molecular weight excluding hydrogens is 294 g/mol. The van der Waals surface area contributed by atoms with E-state index in [-0.39, 0.29) is 25.1 Å². The number of rotatable bonds is 3. The molecule has 2 aliphatic heterocycles. The van der Waals surface area contributed by atoms with E-state index in [9.17, 15) is 4.79 Å². The van der Waals surface area contributed by atoms with Crippen molar-refractivity contribution in [2.45, 2.75) is 13.0 Å². The van der Waals surface area contributed by atoms with Gasteiger partial charge in [-0.15, -0.1) is 12.4 Å². The minimum absolute atomic E-state index is 0. The molecule has 1 aromatic rings. The fraction of sp³-hybridized carbons (Fsp3) is 0.500. The lowest BCUT2D eigenvalue weighted by Crippen LogP contribution is -2.51. The Balaban J connectivity index is 0.00000161. The summed E-state index contributed by atoms with van der Waals surface area (Å²) in [6, 6.07) is 5.81. The summed E-state index contributed by atoms with van der Waals surface area (Å²) in [5.74, 6) is 1.40. The molecule has 0 radical (unpaired) electrons. The maximum absolute atomic E-state index is 12.1. The second kappa shape index (κ2) is 6.98. The lowest BCUT2D eigenvalue weighted by molar-refractivity contribution is -0.118. The third-order valence-electron chi connectivity index (χ3n) is 3.64. The molecule has 0 unspecified atom stereocenters. The average Bonchev–Trinajstić information content (AvgIpc) is 2.89. The van der Waals surface area contributed by atoms with Gasteiger partial charge in [0.15, 0.2) is 11.5 Å². The maximum atomic E-state index is 12.1. The number of carbonyl (C=O) groups excluding carboxylic acids is 1. The number of anilines is 1. The normalized spacial score (nSPS) is 20.7. The number of fused-ring (bicyclic) bond motifs is 1. The van der Waals surface area contributed by atoms with Crippen LogP contribution in [0, 0.1) is 0 Å². The molecule has 1 atom stereocenters. The van der Waals surface area contributed by atoms with Gasteiger partial charge in [0.25, 0.3) is 0 Å². The number of nitrogens with zero attached hydrogens (tertiary/aromatic N) is 1. The summed E-state index contributed by atoms with van der Waals surface area (Å²) in [6.07, 6.45) is 0. The van der Waals surface area contributed by atoms with Gasteiger partial charge in [-0.3, -0.25) is 9.69 Å². The van der Waals surface area contributed by atoms with E-state index in [1.807, 2.05) is 12.1 Å². The van der Waals surface area contributed by atoms with E-state index in [0.717, 1.165) is 31.1 Å². The van der Waals surface area contributed by atoms with Crippen molar-refractivity contribution in [3.63, 3.8) is 0 Å². The number of hydrogen-bond donors (Lipinski definition) is 2. The Morgan fingerprint density at radius 2 is 2.24 bits per heavy atom. The average molecular weight is 314 g/mol. The van der Waals surface area contributed by atoms with Gasteiger partial charge in [-0.25, -0.2) is 0 Å². The molecule has 1 amide bonds. The molecule has 3 rings (SSSR count). The van der Waals surface area contributed by atoms with Crippen LogP contribution in [0.5, 0.6) is 11.5 Å². The predicted molar refractivity (Wildman–Crippen MR) is 82.3 cm³/mol. The summed E-state index contributed by atoms with van der Waals surface area (Å²) >= 11 is 0. The minimum Gasteiger partial charge on any atom is -0.454 e. The Kier molecular flexibility index (Phi) is 5.27. The first-order valence-electron chi connectivity index (χ1n) is 6.86. The van der Waals surface area contributed by atoms with Gasteiger partial charge in [0.2, 0.25) is 12.7 Å². The van der Waals surface area contributed by atoms with Crippen molar-refractivity contribution in [3.05, 3.63) is 18.2 Å². The van der Waals surface area contributed by atoms with Crippen LogP contribution in [0.1, 0.15) is 6.92 Å². The molecule has 7 heteroatoms. The van der Waals surface area contributed by atoms with Crippen LogP contribution in [0.25, 0.3) is 0 Å². The monoisotopic (exact) mass is 313 g/mol. The third-order valence-corrected chi connectivity index (χ3v) is 3.64. The lowest BCUT2D eigenvalue weighted by Gasteiger charge is -2.33. The van der Waals surface area contributed by atoms with E-state index >= 15 is 0 Å². The molecule has 0 aromatic heterocycles. The van der Waals surface area contributed by atoms with E-state index < -0.39 is 0 Å². The molecule has 0 aliphatic carbocycles. The molecule has 0 bridgehead atoms. The Morgan fingerprint density at radius 1 is 1.43 bits per heavy atom. The maximum Gasteiger partial charge on any atom is 0.238 e. The Morgan fingerprint density at radius 3 is 3.05 bits per heavy atom. The lowest BCUT2D eigenvalue weighted by atomic mass is 10.2. The second-order valence-electron chi connectivity index (χ2n) is 5.14. The number of ether oxygens (including phenoxy) is 2. The van der Waals surface area contributed by atoms with Crippen molar-refractivity contribution in [3.8, 4) is 11.5 Å². The molecular formula is C14H20ClN3O3. The standard InChI is InChI=1S/C14H19N3O3.ClH/c1-10-7-15-4-5-17(10)8-14(18)16-11-2-3-12-13(6-11)20-9-19-12;/h2-3,6,10,15H,4-5,7-9H2,1H3,(H,16,18);1H/t10-;/m0./s1. The molecule has 2 heterocycles. The van der Waals surface area contributed by atoms with Gasteiger partial charge < -0.3 is 20.1 Å². The third kappa shape index (κ3) is 3.78. The summed E-state index contributed by atoms with van der Waals surface area (Å²) in [6.45, 7) is 5.54. The molecule has 6 nitrogen and oxygen atoms in total. The van der Waals surface area contributed by atoms with Crippen LogP contribution in [-0.4, -0.2) is 49.8 Å². The van der Waals surface area contributed by atoms with Crippen LogP contribution in [0.4, 0.5) is 5.69 Å². The smallest absolute Gasteiger partial charge is 0.238 e. The number of hydrogen-bond acceptors (Lipinski definition) is 5. The molecule has 116 valence electrons. The van der Waals surface area contributed by atoms with Crippen LogP contribution in [0.2, 0.25) is 0 Å². The molecule has 2 aliphatic rings. The van der Waals surface area contributed by atoms with Crippen LogP contribution in [0.15, 0.2) is 18.2 Å². The fourth-order valence-corrected chi connectivity index (χ4v) is 2.48. The van der Waals surface area contributed by atoms with Crippen LogP contribution in [-0.2, 0) is 4.79 Å². The molecule has 1 fully saturated rings. The fourth-order valence-electron chi connectivity index (χ4n) is 2.48. The minimum atomic E-state index is -0.00221.